The molecule has 0 radical (unpaired) electrons. The van der Waals surface area contributed by atoms with E-state index in [1.807, 2.05) is 25.1 Å². The lowest BCUT2D eigenvalue weighted by atomic mass is 10.0. The van der Waals surface area contributed by atoms with E-state index in [4.69, 9.17) is 13.9 Å². The Morgan fingerprint density at radius 2 is 1.96 bits per heavy atom. The maximum atomic E-state index is 10.2. The number of nitrogens with one attached hydrogen (secondary N) is 1. The van der Waals surface area contributed by atoms with Gasteiger partial charge in [0.05, 0.1) is 20.5 Å². The summed E-state index contributed by atoms with van der Waals surface area (Å²) in [5, 5.41) is 13.6. The van der Waals surface area contributed by atoms with Gasteiger partial charge in [0, 0.05) is 23.7 Å². The summed E-state index contributed by atoms with van der Waals surface area (Å²) in [6.45, 7) is 4.11. The molecule has 0 bridgehead atoms. The maximum absolute atomic E-state index is 10.2. The Labute approximate surface area is 137 Å². The molecule has 1 heterocycles. The zero-order valence-electron chi connectivity index (χ0n) is 14.1. The van der Waals surface area contributed by atoms with Crippen molar-refractivity contribution in [3.8, 4) is 11.5 Å². The Morgan fingerprint density at radius 1 is 1.17 bits per heavy atom. The van der Waals surface area contributed by atoms with E-state index in [2.05, 4.69) is 12.2 Å². The van der Waals surface area contributed by atoms with Crippen molar-refractivity contribution in [3.63, 3.8) is 0 Å². The molecule has 0 spiro atoms. The van der Waals surface area contributed by atoms with Crippen LogP contribution in [0.5, 0.6) is 11.5 Å². The molecule has 3 atom stereocenters. The van der Waals surface area contributed by atoms with Crippen LogP contribution in [0, 0.1) is 0 Å². The van der Waals surface area contributed by atoms with Crippen LogP contribution in [0.4, 0.5) is 0 Å². The number of aliphatic hydroxyl groups is 1. The van der Waals surface area contributed by atoms with Crippen LogP contribution < -0.4 is 14.8 Å². The van der Waals surface area contributed by atoms with E-state index >= 15 is 0 Å². The highest BCUT2D eigenvalue weighted by molar-refractivity contribution is 5.42. The predicted octanol–water partition coefficient (Wildman–Crippen LogP) is 3.46. The van der Waals surface area contributed by atoms with Gasteiger partial charge < -0.3 is 24.3 Å². The number of aliphatic hydroxyl groups excluding tert-OH is 1. The van der Waals surface area contributed by atoms with Crippen molar-refractivity contribution < 1.29 is 19.0 Å². The summed E-state index contributed by atoms with van der Waals surface area (Å²) < 4.78 is 15.9. The van der Waals surface area contributed by atoms with Crippen LogP contribution in [0.1, 0.15) is 43.7 Å². The Balaban J connectivity index is 1.99. The summed E-state index contributed by atoms with van der Waals surface area (Å²) >= 11 is 0. The molecular weight excluding hydrogens is 294 g/mol. The van der Waals surface area contributed by atoms with E-state index in [0.29, 0.717) is 12.2 Å². The third-order valence-corrected chi connectivity index (χ3v) is 3.89. The Bertz CT molecular complexity index is 597. The zero-order chi connectivity index (χ0) is 16.8. The molecule has 23 heavy (non-hydrogen) atoms. The van der Waals surface area contributed by atoms with Gasteiger partial charge in [0.1, 0.15) is 23.4 Å². The van der Waals surface area contributed by atoms with Crippen LogP contribution in [0.2, 0.25) is 0 Å². The zero-order valence-corrected chi connectivity index (χ0v) is 14.1. The minimum Gasteiger partial charge on any atom is -0.497 e. The fourth-order valence-electron chi connectivity index (χ4n) is 2.69. The van der Waals surface area contributed by atoms with Gasteiger partial charge in [0.15, 0.2) is 0 Å². The van der Waals surface area contributed by atoms with Gasteiger partial charge in [-0.05, 0) is 38.5 Å². The van der Waals surface area contributed by atoms with Crippen molar-refractivity contribution in [2.45, 2.75) is 38.5 Å². The number of methoxy groups -OCH3 is 2. The van der Waals surface area contributed by atoms with E-state index in [1.54, 1.807) is 32.6 Å². The van der Waals surface area contributed by atoms with Gasteiger partial charge in [-0.15, -0.1) is 0 Å². The highest BCUT2D eigenvalue weighted by Gasteiger charge is 2.18. The summed E-state index contributed by atoms with van der Waals surface area (Å²) in [5.74, 6) is 2.13. The average molecular weight is 319 g/mol. The topological polar surface area (TPSA) is 63.9 Å². The third kappa shape index (κ3) is 4.50. The van der Waals surface area contributed by atoms with Crippen molar-refractivity contribution in [2.24, 2.45) is 0 Å². The van der Waals surface area contributed by atoms with Gasteiger partial charge >= 0.3 is 0 Å². The first-order valence-corrected chi connectivity index (χ1v) is 7.74. The maximum Gasteiger partial charge on any atom is 0.132 e. The van der Waals surface area contributed by atoms with E-state index in [-0.39, 0.29) is 12.1 Å². The number of ether oxygens (including phenoxy) is 2. The second kappa shape index (κ2) is 8.04. The second-order valence-corrected chi connectivity index (χ2v) is 5.66. The van der Waals surface area contributed by atoms with Gasteiger partial charge in [-0.1, -0.05) is 6.07 Å². The smallest absolute Gasteiger partial charge is 0.132 e. The van der Waals surface area contributed by atoms with Crippen LogP contribution >= 0.6 is 0 Å². The minimum absolute atomic E-state index is 0.0784. The monoisotopic (exact) mass is 319 g/mol. The molecule has 0 saturated heterocycles. The Kier molecular flexibility index (Phi) is 6.07. The van der Waals surface area contributed by atoms with Crippen LogP contribution in [-0.4, -0.2) is 25.4 Å². The van der Waals surface area contributed by atoms with Gasteiger partial charge in [-0.2, -0.15) is 0 Å². The first-order chi connectivity index (χ1) is 11.0. The molecule has 0 saturated carbocycles. The first-order valence-electron chi connectivity index (χ1n) is 7.74. The second-order valence-electron chi connectivity index (χ2n) is 5.66. The summed E-state index contributed by atoms with van der Waals surface area (Å²) in [5.41, 5.74) is 1.05. The Hall–Kier alpha value is -1.98. The predicted molar refractivity (Wildman–Crippen MR) is 88.8 cm³/mol. The van der Waals surface area contributed by atoms with Gasteiger partial charge in [0.2, 0.25) is 0 Å². The molecule has 3 unspecified atom stereocenters. The highest BCUT2D eigenvalue weighted by atomic mass is 16.5. The summed E-state index contributed by atoms with van der Waals surface area (Å²) in [6, 6.07) is 9.53. The quantitative estimate of drug-likeness (QED) is 0.780. The molecule has 0 fully saturated rings. The summed E-state index contributed by atoms with van der Waals surface area (Å²) in [7, 11) is 3.28. The lowest BCUT2D eigenvalue weighted by Gasteiger charge is -2.23. The number of benzene rings is 1. The fourth-order valence-corrected chi connectivity index (χ4v) is 2.69. The molecule has 0 aliphatic carbocycles. The largest absolute Gasteiger partial charge is 0.497 e. The van der Waals surface area contributed by atoms with Crippen LogP contribution in [0.25, 0.3) is 0 Å². The number of rotatable bonds is 8. The molecule has 2 rings (SSSR count). The van der Waals surface area contributed by atoms with Crippen LogP contribution in [0.3, 0.4) is 0 Å². The molecule has 1 aromatic heterocycles. The van der Waals surface area contributed by atoms with Gasteiger partial charge in [-0.3, -0.25) is 0 Å². The molecule has 5 nitrogen and oxygen atoms in total. The molecule has 0 aliphatic rings. The first kappa shape index (κ1) is 17.4. The van der Waals surface area contributed by atoms with Crippen molar-refractivity contribution >= 4 is 0 Å². The van der Waals surface area contributed by atoms with Crippen LogP contribution in [-0.2, 0) is 0 Å². The summed E-state index contributed by atoms with van der Waals surface area (Å²) in [4.78, 5) is 0. The van der Waals surface area contributed by atoms with Crippen molar-refractivity contribution in [1.29, 1.82) is 0 Å². The number of hydrogen-bond acceptors (Lipinski definition) is 5. The molecule has 0 aliphatic heterocycles. The molecule has 126 valence electrons. The molecule has 5 heteroatoms. The van der Waals surface area contributed by atoms with Crippen molar-refractivity contribution in [2.75, 3.05) is 14.2 Å². The average Bonchev–Trinajstić information content (AvgIpc) is 3.08. The molecule has 2 aromatic rings. The van der Waals surface area contributed by atoms with Gasteiger partial charge in [0.25, 0.3) is 0 Å². The normalized spacial score (nSPS) is 15.0. The van der Waals surface area contributed by atoms with E-state index < -0.39 is 6.10 Å². The van der Waals surface area contributed by atoms with Crippen molar-refractivity contribution in [1.82, 2.24) is 5.32 Å². The van der Waals surface area contributed by atoms with E-state index in [0.717, 1.165) is 17.1 Å². The number of hydrogen-bond donors (Lipinski definition) is 2. The lowest BCUT2D eigenvalue weighted by Crippen LogP contribution is -2.30. The van der Waals surface area contributed by atoms with E-state index in [1.165, 1.54) is 0 Å². The standard InChI is InChI=1S/C18H25NO4/c1-12(10-16(20)17-6-5-9-23-17)19-13(2)15-8-7-14(21-3)11-18(15)22-4/h5-9,11-13,16,19-20H,10H2,1-4H3. The lowest BCUT2D eigenvalue weighted by molar-refractivity contribution is 0.127. The van der Waals surface area contributed by atoms with Crippen molar-refractivity contribution in [3.05, 3.63) is 47.9 Å². The Morgan fingerprint density at radius 3 is 2.57 bits per heavy atom. The molecule has 2 N–H and O–H groups in total. The minimum atomic E-state index is -0.613. The summed E-state index contributed by atoms with van der Waals surface area (Å²) in [6.07, 6.45) is 1.52. The third-order valence-electron chi connectivity index (χ3n) is 3.89. The van der Waals surface area contributed by atoms with E-state index in [9.17, 15) is 5.11 Å². The number of furan rings is 1. The molecule has 0 amide bonds. The molecule has 1 aromatic carbocycles. The van der Waals surface area contributed by atoms with Crippen LogP contribution in [0.15, 0.2) is 41.0 Å². The fraction of sp³-hybridized carbons (Fsp3) is 0.444. The molecular formula is C18H25NO4. The highest BCUT2D eigenvalue weighted by Crippen LogP contribution is 2.30. The SMILES string of the molecule is COc1ccc(C(C)NC(C)CC(O)c2ccco2)c(OC)c1. The van der Waals surface area contributed by atoms with Gasteiger partial charge in [-0.25, -0.2) is 0 Å².